The van der Waals surface area contributed by atoms with Crippen molar-refractivity contribution in [2.24, 2.45) is 5.92 Å². The van der Waals surface area contributed by atoms with Crippen molar-refractivity contribution in [2.45, 2.75) is 51.4 Å². The summed E-state index contributed by atoms with van der Waals surface area (Å²) in [5.41, 5.74) is 7.64. The Morgan fingerprint density at radius 1 is 1.22 bits per heavy atom. The molecule has 0 aromatic carbocycles. The summed E-state index contributed by atoms with van der Waals surface area (Å²) >= 11 is 0. The third-order valence-corrected chi connectivity index (χ3v) is 6.38. The van der Waals surface area contributed by atoms with Crippen molar-refractivity contribution >= 4 is 17.5 Å². The summed E-state index contributed by atoms with van der Waals surface area (Å²) in [5.74, 6) is -0.00357. The van der Waals surface area contributed by atoms with Crippen LogP contribution >= 0.6 is 0 Å². The van der Waals surface area contributed by atoms with E-state index in [0.29, 0.717) is 16.8 Å². The van der Waals surface area contributed by atoms with Crippen LogP contribution in [-0.4, -0.2) is 41.3 Å². The van der Waals surface area contributed by atoms with Gasteiger partial charge in [-0.2, -0.15) is 23.3 Å². The molecule has 0 aliphatic heterocycles. The summed E-state index contributed by atoms with van der Waals surface area (Å²) in [5, 5.41) is 11.6. The maximum Gasteiger partial charge on any atom is 0.433 e. The number of carbonyl (C=O) groups is 1. The van der Waals surface area contributed by atoms with Gasteiger partial charge >= 0.3 is 6.18 Å². The molecule has 9 nitrogen and oxygen atoms in total. The molecule has 4 heterocycles. The second-order valence-electron chi connectivity index (χ2n) is 9.12. The zero-order valence-electron chi connectivity index (χ0n) is 19.7. The van der Waals surface area contributed by atoms with Crippen molar-refractivity contribution in [1.29, 1.82) is 0 Å². The molecule has 0 saturated heterocycles. The van der Waals surface area contributed by atoms with Crippen molar-refractivity contribution < 1.29 is 18.0 Å². The van der Waals surface area contributed by atoms with Crippen molar-refractivity contribution in [3.05, 3.63) is 59.8 Å². The number of amides is 1. The van der Waals surface area contributed by atoms with E-state index in [-0.39, 0.29) is 35.6 Å². The fourth-order valence-electron chi connectivity index (χ4n) is 4.17. The number of aromatic nitrogens is 6. The second-order valence-corrected chi connectivity index (χ2v) is 9.12. The molecule has 0 spiro atoms. The standard InChI is InChI=1S/C24H25F3N8O/c1-3-13(2)31-22(36)18-8-16(9-20-32-23(28)33-35(18)20)17-11-30-34(12-17)21(14-4-5-14)15-6-7-19(29-10-15)24(25,26)27/h6-14,21H,3-5H2,1-2H3,(H2,28,33)(H,31,36)/t13-,21-/m0/s1. The summed E-state index contributed by atoms with van der Waals surface area (Å²) in [4.78, 5) is 20.8. The van der Waals surface area contributed by atoms with E-state index < -0.39 is 11.9 Å². The number of nitrogen functional groups attached to an aromatic ring is 1. The number of fused-ring (bicyclic) bond motifs is 1. The zero-order chi connectivity index (χ0) is 25.6. The van der Waals surface area contributed by atoms with E-state index in [1.54, 1.807) is 23.0 Å². The number of anilines is 1. The smallest absolute Gasteiger partial charge is 0.366 e. The summed E-state index contributed by atoms with van der Waals surface area (Å²) in [6.45, 7) is 3.88. The minimum atomic E-state index is -4.49. The number of carbonyl (C=O) groups excluding carboxylic acids is 1. The summed E-state index contributed by atoms with van der Waals surface area (Å²) in [6.07, 6.45) is 2.93. The van der Waals surface area contributed by atoms with Crippen molar-refractivity contribution in [1.82, 2.24) is 34.7 Å². The van der Waals surface area contributed by atoms with Gasteiger partial charge in [0.15, 0.2) is 5.65 Å². The quantitative estimate of drug-likeness (QED) is 0.396. The normalized spacial score (nSPS) is 15.7. The number of halogens is 3. The number of hydrogen-bond acceptors (Lipinski definition) is 6. The van der Waals surface area contributed by atoms with Gasteiger partial charge in [-0.25, -0.2) is 4.52 Å². The Kier molecular flexibility index (Phi) is 5.89. The first kappa shape index (κ1) is 23.8. The molecular formula is C24H25F3N8O. The molecule has 1 amide bonds. The third kappa shape index (κ3) is 4.62. The fourth-order valence-corrected chi connectivity index (χ4v) is 4.17. The molecule has 3 N–H and O–H groups in total. The van der Waals surface area contributed by atoms with Crippen LogP contribution in [0.4, 0.5) is 19.1 Å². The van der Waals surface area contributed by atoms with Gasteiger partial charge in [0.2, 0.25) is 5.95 Å². The van der Waals surface area contributed by atoms with Crippen LogP contribution in [0.3, 0.4) is 0 Å². The van der Waals surface area contributed by atoms with Crippen molar-refractivity contribution in [2.75, 3.05) is 5.73 Å². The molecule has 5 rings (SSSR count). The van der Waals surface area contributed by atoms with E-state index in [9.17, 15) is 18.0 Å². The highest BCUT2D eigenvalue weighted by Gasteiger charge is 2.36. The molecule has 188 valence electrons. The van der Waals surface area contributed by atoms with Gasteiger partial charge < -0.3 is 11.1 Å². The topological polar surface area (TPSA) is 116 Å². The van der Waals surface area contributed by atoms with Crippen molar-refractivity contribution in [3.8, 4) is 11.1 Å². The molecular weight excluding hydrogens is 473 g/mol. The van der Waals surface area contributed by atoms with Crippen LogP contribution in [0.25, 0.3) is 16.8 Å². The van der Waals surface area contributed by atoms with E-state index in [4.69, 9.17) is 5.73 Å². The Balaban J connectivity index is 1.50. The minimum Gasteiger partial charge on any atom is -0.366 e. The van der Waals surface area contributed by atoms with Crippen LogP contribution in [0.2, 0.25) is 0 Å². The van der Waals surface area contributed by atoms with Crippen LogP contribution in [0.15, 0.2) is 42.9 Å². The second kappa shape index (κ2) is 8.92. The number of hydrogen-bond donors (Lipinski definition) is 2. The van der Waals surface area contributed by atoms with E-state index >= 15 is 0 Å². The molecule has 1 aliphatic rings. The number of pyridine rings is 2. The Morgan fingerprint density at radius 2 is 2.00 bits per heavy atom. The first-order valence-corrected chi connectivity index (χ1v) is 11.7. The molecule has 2 atom stereocenters. The van der Waals surface area contributed by atoms with Crippen LogP contribution in [0, 0.1) is 5.92 Å². The van der Waals surface area contributed by atoms with Gasteiger partial charge in [-0.3, -0.25) is 14.5 Å². The molecule has 36 heavy (non-hydrogen) atoms. The van der Waals surface area contributed by atoms with E-state index in [1.807, 2.05) is 20.0 Å². The molecule has 1 fully saturated rings. The maximum absolute atomic E-state index is 13.0. The van der Waals surface area contributed by atoms with Gasteiger partial charge in [0.1, 0.15) is 11.4 Å². The van der Waals surface area contributed by atoms with Gasteiger partial charge in [-0.05, 0) is 61.4 Å². The van der Waals surface area contributed by atoms with Gasteiger partial charge in [-0.1, -0.05) is 13.0 Å². The average molecular weight is 499 g/mol. The maximum atomic E-state index is 13.0. The monoisotopic (exact) mass is 498 g/mol. The minimum absolute atomic E-state index is 0.0310. The highest BCUT2D eigenvalue weighted by atomic mass is 19.4. The van der Waals surface area contributed by atoms with Crippen molar-refractivity contribution in [3.63, 3.8) is 0 Å². The summed E-state index contributed by atoms with van der Waals surface area (Å²) < 4.78 is 42.1. The number of alkyl halides is 3. The highest BCUT2D eigenvalue weighted by Crippen LogP contribution is 2.44. The number of nitrogens with one attached hydrogen (secondary N) is 1. The van der Waals surface area contributed by atoms with Gasteiger partial charge in [0.05, 0.1) is 12.2 Å². The molecule has 1 aliphatic carbocycles. The van der Waals surface area contributed by atoms with E-state index in [2.05, 4.69) is 25.5 Å². The average Bonchev–Trinajstić information content (AvgIpc) is 3.41. The Labute approximate surface area is 204 Å². The van der Waals surface area contributed by atoms with E-state index in [0.717, 1.165) is 30.9 Å². The predicted molar refractivity (Wildman–Crippen MR) is 126 cm³/mol. The fraction of sp³-hybridized carbons (Fsp3) is 0.375. The summed E-state index contributed by atoms with van der Waals surface area (Å²) in [6, 6.07) is 5.65. The van der Waals surface area contributed by atoms with Crippen LogP contribution < -0.4 is 11.1 Å². The van der Waals surface area contributed by atoms with Crippen LogP contribution in [0.5, 0.6) is 0 Å². The van der Waals surface area contributed by atoms with Crippen LogP contribution in [0.1, 0.15) is 60.9 Å². The SMILES string of the molecule is CC[C@H](C)NC(=O)c1cc(-c2cnn([C@H](c3ccc(C(F)(F)F)nc3)C3CC3)c2)cc2nc(N)nn12. The largest absolute Gasteiger partial charge is 0.433 e. The molecule has 0 unspecified atom stereocenters. The zero-order valence-corrected chi connectivity index (χ0v) is 19.7. The lowest BCUT2D eigenvalue weighted by molar-refractivity contribution is -0.141. The molecule has 12 heteroatoms. The van der Waals surface area contributed by atoms with E-state index in [1.165, 1.54) is 16.8 Å². The molecule has 0 radical (unpaired) electrons. The first-order chi connectivity index (χ1) is 17.1. The highest BCUT2D eigenvalue weighted by molar-refractivity contribution is 5.95. The van der Waals surface area contributed by atoms with Gasteiger partial charge in [0.25, 0.3) is 5.91 Å². The Hall–Kier alpha value is -3.96. The lowest BCUT2D eigenvalue weighted by atomic mass is 10.0. The number of nitrogens with zero attached hydrogens (tertiary/aromatic N) is 6. The van der Waals surface area contributed by atoms with Crippen LogP contribution in [-0.2, 0) is 6.18 Å². The molecule has 0 bridgehead atoms. The Bertz CT molecular complexity index is 1410. The number of rotatable bonds is 7. The lowest BCUT2D eigenvalue weighted by Gasteiger charge is -2.18. The third-order valence-electron chi connectivity index (χ3n) is 6.38. The van der Waals surface area contributed by atoms with Gasteiger partial charge in [0, 0.05) is 24.0 Å². The summed E-state index contributed by atoms with van der Waals surface area (Å²) in [7, 11) is 0. The van der Waals surface area contributed by atoms with Gasteiger partial charge in [-0.15, -0.1) is 5.10 Å². The lowest BCUT2D eigenvalue weighted by Crippen LogP contribution is -2.33. The molecule has 1 saturated carbocycles. The Morgan fingerprint density at radius 3 is 2.64 bits per heavy atom. The number of nitrogens with two attached hydrogens (primary N) is 1. The molecule has 4 aromatic rings. The predicted octanol–water partition coefficient (Wildman–Crippen LogP) is 4.12. The first-order valence-electron chi connectivity index (χ1n) is 11.7. The molecule has 4 aromatic heterocycles.